The summed E-state index contributed by atoms with van der Waals surface area (Å²) < 4.78 is 47.4. The second-order valence-corrected chi connectivity index (χ2v) is 12.6. The van der Waals surface area contributed by atoms with Crippen molar-refractivity contribution in [2.24, 2.45) is 0 Å². The van der Waals surface area contributed by atoms with Crippen molar-refractivity contribution < 1.29 is 36.4 Å². The lowest BCUT2D eigenvalue weighted by molar-refractivity contribution is -0.123. The lowest BCUT2D eigenvalue weighted by atomic mass is 10.1. The van der Waals surface area contributed by atoms with Gasteiger partial charge >= 0.3 is 10.1 Å². The number of halogens is 3. The summed E-state index contributed by atoms with van der Waals surface area (Å²) >= 11 is 14.9. The van der Waals surface area contributed by atoms with Crippen LogP contribution in [0.5, 0.6) is 23.0 Å². The van der Waals surface area contributed by atoms with Gasteiger partial charge in [0.1, 0.15) is 4.90 Å². The maximum Gasteiger partial charge on any atom is 0.339 e. The summed E-state index contributed by atoms with van der Waals surface area (Å²) in [5.74, 6) is 0.583. The van der Waals surface area contributed by atoms with Crippen LogP contribution in [0.3, 0.4) is 0 Å². The number of rotatable bonds is 7. The average molecular weight is 720 g/mol. The minimum atomic E-state index is -4.18. The summed E-state index contributed by atoms with van der Waals surface area (Å²) in [7, 11) is -2.82. The van der Waals surface area contributed by atoms with Crippen LogP contribution < -0.4 is 18.4 Å². The Balaban J connectivity index is 1.39. The highest BCUT2D eigenvalue weighted by atomic mass is 127. The predicted octanol–water partition coefficient (Wildman–Crippen LogP) is 6.34. The Morgan fingerprint density at radius 3 is 2.46 bits per heavy atom. The third kappa shape index (κ3) is 5.80. The molecule has 2 heterocycles. The molecule has 202 valence electrons. The van der Waals surface area contributed by atoms with Crippen LogP contribution in [0.1, 0.15) is 11.1 Å². The van der Waals surface area contributed by atoms with Gasteiger partial charge in [-0.3, -0.25) is 14.5 Å². The third-order valence-electron chi connectivity index (χ3n) is 5.59. The van der Waals surface area contributed by atoms with Crippen LogP contribution in [0.15, 0.2) is 58.3 Å². The van der Waals surface area contributed by atoms with Gasteiger partial charge < -0.3 is 18.4 Å². The van der Waals surface area contributed by atoms with E-state index in [1.807, 2.05) is 22.6 Å². The SMILES string of the molecule is COc1cc(/C=C2\SC(=O)N(Cc3cc4c(cc3Cl)OCO4)C2=O)cc(I)c1OS(=O)(=O)c1ccc(Cl)cc1. The number of carbonyl (C=O) groups excluding carboxylic acids is 2. The summed E-state index contributed by atoms with van der Waals surface area (Å²) in [6, 6.07) is 11.9. The number of nitrogens with zero attached hydrogens (tertiary/aromatic N) is 1. The molecule has 0 saturated carbocycles. The van der Waals surface area contributed by atoms with Crippen molar-refractivity contribution in [1.82, 2.24) is 4.90 Å². The largest absolute Gasteiger partial charge is 0.493 e. The minimum absolute atomic E-state index is 0.0178. The summed E-state index contributed by atoms with van der Waals surface area (Å²) in [5.41, 5.74) is 1.03. The molecule has 2 aliphatic heterocycles. The molecule has 2 amide bonds. The van der Waals surface area contributed by atoms with E-state index in [1.54, 1.807) is 18.2 Å². The normalized spacial score (nSPS) is 15.8. The van der Waals surface area contributed by atoms with E-state index in [9.17, 15) is 18.0 Å². The minimum Gasteiger partial charge on any atom is -0.493 e. The topological polar surface area (TPSA) is 108 Å². The highest BCUT2D eigenvalue weighted by Crippen LogP contribution is 2.41. The molecular formula is C25H16Cl2INO8S2. The van der Waals surface area contributed by atoms with Crippen LogP contribution >= 0.6 is 57.6 Å². The number of imide groups is 1. The number of ether oxygens (including phenoxy) is 3. The Morgan fingerprint density at radius 1 is 1.08 bits per heavy atom. The van der Waals surface area contributed by atoms with Crippen LogP contribution in [0.4, 0.5) is 4.79 Å². The first kappa shape index (κ1) is 27.9. The zero-order valence-corrected chi connectivity index (χ0v) is 25.1. The fourth-order valence-corrected chi connectivity index (χ4v) is 6.72. The van der Waals surface area contributed by atoms with Crippen molar-refractivity contribution in [2.45, 2.75) is 11.4 Å². The molecule has 1 fully saturated rings. The van der Waals surface area contributed by atoms with Crippen molar-refractivity contribution in [3.63, 3.8) is 0 Å². The molecule has 9 nitrogen and oxygen atoms in total. The first-order chi connectivity index (χ1) is 18.6. The smallest absolute Gasteiger partial charge is 0.339 e. The highest BCUT2D eigenvalue weighted by Gasteiger charge is 2.36. The highest BCUT2D eigenvalue weighted by molar-refractivity contribution is 14.1. The Hall–Kier alpha value is -2.65. The molecule has 0 atom stereocenters. The lowest BCUT2D eigenvalue weighted by Crippen LogP contribution is -2.27. The van der Waals surface area contributed by atoms with Crippen LogP contribution in [-0.2, 0) is 21.5 Å². The van der Waals surface area contributed by atoms with Crippen molar-refractivity contribution in [3.05, 3.63) is 78.2 Å². The van der Waals surface area contributed by atoms with Crippen molar-refractivity contribution in [2.75, 3.05) is 13.9 Å². The summed E-state index contributed by atoms with van der Waals surface area (Å²) in [6.45, 7) is 0.0201. The average Bonchev–Trinajstić information content (AvgIpc) is 3.44. The molecule has 0 radical (unpaired) electrons. The zero-order chi connectivity index (χ0) is 27.9. The number of methoxy groups -OCH3 is 1. The Morgan fingerprint density at radius 2 is 1.77 bits per heavy atom. The maximum absolute atomic E-state index is 13.1. The monoisotopic (exact) mass is 719 g/mol. The van der Waals surface area contributed by atoms with Crippen LogP contribution in [0.25, 0.3) is 6.08 Å². The fourth-order valence-electron chi connectivity index (χ4n) is 3.70. The quantitative estimate of drug-likeness (QED) is 0.157. The number of fused-ring (bicyclic) bond motifs is 1. The molecule has 0 aromatic heterocycles. The van der Waals surface area contributed by atoms with Gasteiger partial charge in [0.15, 0.2) is 23.0 Å². The molecule has 0 spiro atoms. The number of thioether (sulfide) groups is 1. The third-order valence-corrected chi connectivity index (χ3v) is 9.14. The van der Waals surface area contributed by atoms with Crippen molar-refractivity contribution in [1.29, 1.82) is 0 Å². The van der Waals surface area contributed by atoms with Gasteiger partial charge in [-0.25, -0.2) is 0 Å². The van der Waals surface area contributed by atoms with E-state index in [4.69, 9.17) is 41.6 Å². The molecule has 3 aromatic rings. The van der Waals surface area contributed by atoms with Gasteiger partial charge in [0.2, 0.25) is 6.79 Å². The Kier molecular flexibility index (Phi) is 7.93. The van der Waals surface area contributed by atoms with E-state index in [-0.39, 0.29) is 34.6 Å². The molecule has 14 heteroatoms. The van der Waals surface area contributed by atoms with Crippen LogP contribution in [-0.4, -0.2) is 38.4 Å². The number of amides is 2. The van der Waals surface area contributed by atoms with Crippen molar-refractivity contribution >= 4 is 84.9 Å². The molecule has 0 N–H and O–H groups in total. The number of hydrogen-bond donors (Lipinski definition) is 0. The van der Waals surface area contributed by atoms with E-state index in [0.717, 1.165) is 16.7 Å². The molecule has 0 aliphatic carbocycles. The fraction of sp³-hybridized carbons (Fsp3) is 0.120. The molecule has 0 unspecified atom stereocenters. The lowest BCUT2D eigenvalue weighted by Gasteiger charge is -2.14. The first-order valence-corrected chi connectivity index (χ1v) is 15.0. The van der Waals surface area contributed by atoms with Crippen LogP contribution in [0.2, 0.25) is 10.0 Å². The first-order valence-electron chi connectivity index (χ1n) is 11.0. The van der Waals surface area contributed by atoms with Crippen molar-refractivity contribution in [3.8, 4) is 23.0 Å². The van der Waals surface area contributed by atoms with E-state index < -0.39 is 21.3 Å². The Bertz CT molecular complexity index is 1640. The number of hydrogen-bond acceptors (Lipinski definition) is 9. The summed E-state index contributed by atoms with van der Waals surface area (Å²) in [5, 5.41) is 0.259. The molecule has 2 aliphatic rings. The van der Waals surface area contributed by atoms with E-state index >= 15 is 0 Å². The molecular weight excluding hydrogens is 704 g/mol. The second kappa shape index (κ2) is 11.1. The standard InChI is InChI=1S/C25H16Cl2INO8S2/c1-34-21-7-13(6-18(28)23(21)37-39(32,33)16-4-2-15(26)3-5-16)8-22-24(30)29(25(31)38-22)11-14-9-19-20(10-17(14)27)36-12-35-19/h2-10H,11-12H2,1H3/b22-8-. The van der Waals surface area contributed by atoms with Gasteiger partial charge in [-0.15, -0.1) is 0 Å². The van der Waals surface area contributed by atoms with Gasteiger partial charge in [0.05, 0.1) is 22.1 Å². The molecule has 0 bridgehead atoms. The molecule has 39 heavy (non-hydrogen) atoms. The van der Waals surface area contributed by atoms with Gasteiger partial charge in [-0.1, -0.05) is 23.2 Å². The van der Waals surface area contributed by atoms with E-state index in [1.165, 1.54) is 43.5 Å². The van der Waals surface area contributed by atoms with Gasteiger partial charge in [0, 0.05) is 16.1 Å². The van der Waals surface area contributed by atoms with E-state index in [2.05, 4.69) is 0 Å². The van der Waals surface area contributed by atoms with Gasteiger partial charge in [-0.2, -0.15) is 8.42 Å². The maximum atomic E-state index is 13.1. The zero-order valence-electron chi connectivity index (χ0n) is 19.8. The van der Waals surface area contributed by atoms with Gasteiger partial charge in [0.25, 0.3) is 11.1 Å². The Labute approximate surface area is 251 Å². The summed E-state index contributed by atoms with van der Waals surface area (Å²) in [4.78, 5) is 27.0. The summed E-state index contributed by atoms with van der Waals surface area (Å²) in [6.07, 6.45) is 1.52. The molecule has 3 aromatic carbocycles. The predicted molar refractivity (Wildman–Crippen MR) is 154 cm³/mol. The molecule has 5 rings (SSSR count). The number of benzene rings is 3. The second-order valence-electron chi connectivity index (χ2n) is 8.09. The van der Waals surface area contributed by atoms with E-state index in [0.29, 0.717) is 36.2 Å². The molecule has 1 saturated heterocycles. The number of carbonyl (C=O) groups is 2. The van der Waals surface area contributed by atoms with Gasteiger partial charge in [-0.05, 0) is 94.0 Å². The van der Waals surface area contributed by atoms with Crippen LogP contribution in [0, 0.1) is 3.57 Å².